The third kappa shape index (κ3) is 5.74. The van der Waals surface area contributed by atoms with Gasteiger partial charge in [0.25, 0.3) is 0 Å². The Labute approximate surface area is 115 Å². The van der Waals surface area contributed by atoms with Crippen molar-refractivity contribution >= 4 is 11.6 Å². The van der Waals surface area contributed by atoms with Gasteiger partial charge in [0.15, 0.2) is 0 Å². The first kappa shape index (κ1) is 15.3. The van der Waals surface area contributed by atoms with Crippen LogP contribution >= 0.6 is 11.6 Å². The van der Waals surface area contributed by atoms with E-state index in [0.717, 1.165) is 38.2 Å². The fraction of sp³-hybridized carbons (Fsp3) is 0.600. The van der Waals surface area contributed by atoms with Crippen LogP contribution in [0.25, 0.3) is 0 Å². The van der Waals surface area contributed by atoms with E-state index < -0.39 is 0 Å². The Morgan fingerprint density at radius 1 is 1.33 bits per heavy atom. The first-order valence-electron chi connectivity index (χ1n) is 6.56. The van der Waals surface area contributed by atoms with Crippen molar-refractivity contribution in [1.82, 2.24) is 0 Å². The summed E-state index contributed by atoms with van der Waals surface area (Å²) in [5.41, 5.74) is 1.29. The van der Waals surface area contributed by atoms with E-state index in [1.807, 2.05) is 19.1 Å². The van der Waals surface area contributed by atoms with E-state index >= 15 is 0 Å². The number of benzene rings is 1. The van der Waals surface area contributed by atoms with E-state index in [1.165, 1.54) is 5.56 Å². The second-order valence-electron chi connectivity index (χ2n) is 4.42. The lowest BCUT2D eigenvalue weighted by atomic mass is 9.96. The van der Waals surface area contributed by atoms with Gasteiger partial charge in [-0.05, 0) is 49.8 Å². The molecule has 0 fully saturated rings. The molecule has 0 N–H and O–H groups in total. The van der Waals surface area contributed by atoms with Crippen LogP contribution in [0.1, 0.15) is 25.3 Å². The van der Waals surface area contributed by atoms with Crippen LogP contribution in [0, 0.1) is 5.92 Å². The molecular weight excluding hydrogens is 248 g/mol. The van der Waals surface area contributed by atoms with Crippen LogP contribution in [0.5, 0.6) is 5.75 Å². The number of alkyl halides is 1. The van der Waals surface area contributed by atoms with Crippen molar-refractivity contribution in [3.63, 3.8) is 0 Å². The van der Waals surface area contributed by atoms with Gasteiger partial charge in [-0.2, -0.15) is 0 Å². The first-order chi connectivity index (χ1) is 8.80. The van der Waals surface area contributed by atoms with Gasteiger partial charge in [0.1, 0.15) is 5.75 Å². The molecule has 1 rings (SSSR count). The Balaban J connectivity index is 2.41. The largest absolute Gasteiger partial charge is 0.497 e. The Kier molecular flexibility index (Phi) is 7.86. The quantitative estimate of drug-likeness (QED) is 0.500. The average molecular weight is 271 g/mol. The lowest BCUT2D eigenvalue weighted by Gasteiger charge is -2.14. The molecule has 0 saturated carbocycles. The summed E-state index contributed by atoms with van der Waals surface area (Å²) >= 11 is 6.03. The summed E-state index contributed by atoms with van der Waals surface area (Å²) < 4.78 is 10.6. The summed E-state index contributed by atoms with van der Waals surface area (Å²) in [6, 6.07) is 8.21. The molecule has 0 aliphatic carbocycles. The molecular formula is C15H23ClO2. The molecule has 2 nitrogen and oxygen atoms in total. The van der Waals surface area contributed by atoms with Gasteiger partial charge in [-0.15, -0.1) is 11.6 Å². The zero-order valence-electron chi connectivity index (χ0n) is 11.3. The maximum Gasteiger partial charge on any atom is 0.119 e. The monoisotopic (exact) mass is 270 g/mol. The van der Waals surface area contributed by atoms with Gasteiger partial charge in [-0.3, -0.25) is 0 Å². The van der Waals surface area contributed by atoms with Gasteiger partial charge in [-0.1, -0.05) is 12.1 Å². The summed E-state index contributed by atoms with van der Waals surface area (Å²) in [5, 5.41) is 0. The van der Waals surface area contributed by atoms with Gasteiger partial charge in [0, 0.05) is 19.1 Å². The molecule has 1 aromatic rings. The van der Waals surface area contributed by atoms with Crippen LogP contribution in [0.15, 0.2) is 24.3 Å². The Bertz CT molecular complexity index is 328. The highest BCUT2D eigenvalue weighted by atomic mass is 35.5. The molecule has 0 heterocycles. The highest BCUT2D eigenvalue weighted by molar-refractivity contribution is 6.18. The van der Waals surface area contributed by atoms with E-state index in [1.54, 1.807) is 7.11 Å². The number of ether oxygens (including phenoxy) is 2. The number of halogens is 1. The van der Waals surface area contributed by atoms with Crippen molar-refractivity contribution in [2.45, 2.75) is 26.2 Å². The molecule has 1 atom stereocenters. The number of hydrogen-bond donors (Lipinski definition) is 0. The van der Waals surface area contributed by atoms with E-state index in [2.05, 4.69) is 12.1 Å². The Morgan fingerprint density at radius 3 is 2.83 bits per heavy atom. The van der Waals surface area contributed by atoms with Gasteiger partial charge in [0.05, 0.1) is 7.11 Å². The maximum absolute atomic E-state index is 6.03. The SMILES string of the molecule is CCOCCCC(CCl)Cc1cccc(OC)c1. The van der Waals surface area contributed by atoms with Crippen LogP contribution < -0.4 is 4.74 Å². The number of hydrogen-bond acceptors (Lipinski definition) is 2. The van der Waals surface area contributed by atoms with Gasteiger partial charge in [-0.25, -0.2) is 0 Å². The van der Waals surface area contributed by atoms with Crippen LogP contribution in [0.2, 0.25) is 0 Å². The van der Waals surface area contributed by atoms with Gasteiger partial charge >= 0.3 is 0 Å². The fourth-order valence-electron chi connectivity index (χ4n) is 1.98. The Morgan fingerprint density at radius 2 is 2.17 bits per heavy atom. The van der Waals surface area contributed by atoms with Crippen LogP contribution in [-0.2, 0) is 11.2 Å². The summed E-state index contributed by atoms with van der Waals surface area (Å²) in [4.78, 5) is 0. The predicted molar refractivity (Wildman–Crippen MR) is 76.6 cm³/mol. The summed E-state index contributed by atoms with van der Waals surface area (Å²) in [5.74, 6) is 2.12. The van der Waals surface area contributed by atoms with Crippen molar-refractivity contribution in [2.75, 3.05) is 26.2 Å². The molecule has 1 unspecified atom stereocenters. The maximum atomic E-state index is 6.03. The van der Waals surface area contributed by atoms with Crippen LogP contribution in [0.3, 0.4) is 0 Å². The summed E-state index contributed by atoms with van der Waals surface area (Å²) in [7, 11) is 1.69. The molecule has 0 bridgehead atoms. The fourth-order valence-corrected chi connectivity index (χ4v) is 2.25. The summed E-state index contributed by atoms with van der Waals surface area (Å²) in [6.07, 6.45) is 3.20. The van der Waals surface area contributed by atoms with Gasteiger partial charge < -0.3 is 9.47 Å². The van der Waals surface area contributed by atoms with Crippen molar-refractivity contribution in [3.8, 4) is 5.75 Å². The van der Waals surface area contributed by atoms with Crippen LogP contribution in [-0.4, -0.2) is 26.2 Å². The molecule has 0 aromatic heterocycles. The van der Waals surface area contributed by atoms with E-state index in [4.69, 9.17) is 21.1 Å². The Hall–Kier alpha value is -0.730. The molecule has 1 aromatic carbocycles. The van der Waals surface area contributed by atoms with E-state index in [9.17, 15) is 0 Å². The van der Waals surface area contributed by atoms with Crippen LogP contribution in [0.4, 0.5) is 0 Å². The molecule has 0 spiro atoms. The normalized spacial score (nSPS) is 12.4. The van der Waals surface area contributed by atoms with E-state index in [-0.39, 0.29) is 0 Å². The van der Waals surface area contributed by atoms with Gasteiger partial charge in [0.2, 0.25) is 0 Å². The smallest absolute Gasteiger partial charge is 0.119 e. The first-order valence-corrected chi connectivity index (χ1v) is 7.10. The minimum absolute atomic E-state index is 0.513. The highest BCUT2D eigenvalue weighted by Crippen LogP contribution is 2.19. The standard InChI is InChI=1S/C15H23ClO2/c1-3-18-9-5-7-14(12-16)10-13-6-4-8-15(11-13)17-2/h4,6,8,11,14H,3,5,7,9-10,12H2,1-2H3. The number of rotatable bonds is 9. The lowest BCUT2D eigenvalue weighted by molar-refractivity contribution is 0.140. The molecule has 3 heteroatoms. The van der Waals surface area contributed by atoms with E-state index in [0.29, 0.717) is 11.8 Å². The molecule has 102 valence electrons. The molecule has 0 aliphatic rings. The predicted octanol–water partition coefficient (Wildman–Crippen LogP) is 3.91. The van der Waals surface area contributed by atoms with Crippen molar-refractivity contribution in [1.29, 1.82) is 0 Å². The topological polar surface area (TPSA) is 18.5 Å². The lowest BCUT2D eigenvalue weighted by Crippen LogP contribution is -2.08. The second-order valence-corrected chi connectivity index (χ2v) is 4.72. The molecule has 0 saturated heterocycles. The third-order valence-corrected chi connectivity index (χ3v) is 3.42. The van der Waals surface area contributed by atoms with Crippen molar-refractivity contribution < 1.29 is 9.47 Å². The minimum Gasteiger partial charge on any atom is -0.497 e. The number of methoxy groups -OCH3 is 1. The van der Waals surface area contributed by atoms with Crippen molar-refractivity contribution in [2.24, 2.45) is 5.92 Å². The highest BCUT2D eigenvalue weighted by Gasteiger charge is 2.09. The zero-order chi connectivity index (χ0) is 13.2. The zero-order valence-corrected chi connectivity index (χ0v) is 12.1. The summed E-state index contributed by atoms with van der Waals surface area (Å²) in [6.45, 7) is 3.65. The molecule has 0 aliphatic heterocycles. The van der Waals surface area contributed by atoms with Crippen molar-refractivity contribution in [3.05, 3.63) is 29.8 Å². The molecule has 0 amide bonds. The molecule has 0 radical (unpaired) electrons. The average Bonchev–Trinajstić information content (AvgIpc) is 2.42. The third-order valence-electron chi connectivity index (χ3n) is 2.98. The molecule has 18 heavy (non-hydrogen) atoms. The second kappa shape index (κ2) is 9.23. The minimum atomic E-state index is 0.513.